The van der Waals surface area contributed by atoms with E-state index in [9.17, 15) is 4.39 Å². The second-order valence-electron chi connectivity index (χ2n) is 4.45. The second-order valence-corrected chi connectivity index (χ2v) is 7.40. The summed E-state index contributed by atoms with van der Waals surface area (Å²) in [7, 11) is 1.94. The summed E-state index contributed by atoms with van der Waals surface area (Å²) in [6, 6.07) is 11.3. The fourth-order valence-corrected chi connectivity index (χ4v) is 3.61. The molecule has 1 atom stereocenters. The van der Waals surface area contributed by atoms with Crippen molar-refractivity contribution < 1.29 is 4.39 Å². The summed E-state index contributed by atoms with van der Waals surface area (Å²) in [5.41, 5.74) is 2.28. The fraction of sp³-hybridized carbons (Fsp3) is 0.200. The van der Waals surface area contributed by atoms with Crippen molar-refractivity contribution in [2.24, 2.45) is 0 Å². The van der Waals surface area contributed by atoms with Crippen molar-refractivity contribution in [3.8, 4) is 0 Å². The Labute approximate surface area is 148 Å². The highest BCUT2D eigenvalue weighted by Gasteiger charge is 2.15. The molecule has 0 radical (unpaired) electrons. The maximum atomic E-state index is 13.2. The Morgan fingerprint density at radius 3 is 2.55 bits per heavy atom. The van der Waals surface area contributed by atoms with E-state index < -0.39 is 0 Å². The van der Waals surface area contributed by atoms with Crippen molar-refractivity contribution in [1.29, 1.82) is 0 Å². The van der Waals surface area contributed by atoms with E-state index in [0.29, 0.717) is 0 Å². The molecule has 2 aromatic carbocycles. The average molecular weight is 513 g/mol. The second kappa shape index (κ2) is 7.33. The molecule has 0 aromatic heterocycles. The molecule has 0 amide bonds. The summed E-state index contributed by atoms with van der Waals surface area (Å²) < 4.78 is 16.2. The molecule has 2 rings (SSSR count). The van der Waals surface area contributed by atoms with Crippen molar-refractivity contribution in [3.05, 3.63) is 65.9 Å². The van der Waals surface area contributed by atoms with Crippen molar-refractivity contribution >= 4 is 54.5 Å². The first-order chi connectivity index (χ1) is 9.51. The zero-order valence-electron chi connectivity index (χ0n) is 10.8. The normalized spacial score (nSPS) is 12.4. The van der Waals surface area contributed by atoms with E-state index in [2.05, 4.69) is 78.0 Å². The fourth-order valence-electron chi connectivity index (χ4n) is 2.06. The van der Waals surface area contributed by atoms with Gasteiger partial charge in [0.2, 0.25) is 0 Å². The molecular weight excluding hydrogens is 500 g/mol. The average Bonchev–Trinajstić information content (AvgIpc) is 2.41. The highest BCUT2D eigenvalue weighted by atomic mass is 127. The van der Waals surface area contributed by atoms with Crippen LogP contribution >= 0.6 is 54.5 Å². The Morgan fingerprint density at radius 1 is 1.15 bits per heavy atom. The lowest BCUT2D eigenvalue weighted by atomic mass is 9.99. The Kier molecular flexibility index (Phi) is 6.01. The van der Waals surface area contributed by atoms with Gasteiger partial charge in [-0.1, -0.05) is 37.9 Å². The minimum Gasteiger partial charge on any atom is -0.313 e. The Balaban J connectivity index is 2.31. The summed E-state index contributed by atoms with van der Waals surface area (Å²) in [6.45, 7) is 0. The quantitative estimate of drug-likeness (QED) is 0.537. The number of hydrogen-bond donors (Lipinski definition) is 1. The first-order valence-electron chi connectivity index (χ1n) is 6.07. The molecule has 0 saturated heterocycles. The maximum Gasteiger partial charge on any atom is 0.124 e. The van der Waals surface area contributed by atoms with Crippen LogP contribution in [0, 0.1) is 9.39 Å². The van der Waals surface area contributed by atoms with Crippen LogP contribution in [0.4, 0.5) is 4.39 Å². The number of rotatable bonds is 4. The van der Waals surface area contributed by atoms with Gasteiger partial charge in [-0.15, -0.1) is 0 Å². The molecule has 0 saturated carbocycles. The first kappa shape index (κ1) is 16.4. The van der Waals surface area contributed by atoms with Crippen LogP contribution in [0.15, 0.2) is 45.3 Å². The molecule has 0 fully saturated rings. The molecule has 106 valence electrons. The van der Waals surface area contributed by atoms with Crippen LogP contribution in [0.2, 0.25) is 0 Å². The number of benzene rings is 2. The minimum absolute atomic E-state index is 0.167. The van der Waals surface area contributed by atoms with Crippen LogP contribution in [0.5, 0.6) is 0 Å². The molecule has 5 heteroatoms. The number of hydrogen-bond acceptors (Lipinski definition) is 1. The largest absolute Gasteiger partial charge is 0.313 e. The van der Waals surface area contributed by atoms with Crippen molar-refractivity contribution in [1.82, 2.24) is 5.32 Å². The minimum atomic E-state index is -0.225. The van der Waals surface area contributed by atoms with E-state index in [1.165, 1.54) is 21.3 Å². The maximum absolute atomic E-state index is 13.2. The van der Waals surface area contributed by atoms with E-state index in [1.54, 1.807) is 0 Å². The van der Waals surface area contributed by atoms with Gasteiger partial charge in [-0.3, -0.25) is 0 Å². The van der Waals surface area contributed by atoms with E-state index in [0.717, 1.165) is 20.9 Å². The van der Waals surface area contributed by atoms with Crippen molar-refractivity contribution in [2.45, 2.75) is 12.5 Å². The third kappa shape index (κ3) is 4.02. The first-order valence-corrected chi connectivity index (χ1v) is 8.74. The Bertz CT molecular complexity index is 619. The molecule has 0 aliphatic rings. The third-order valence-corrected chi connectivity index (χ3v) is 5.25. The summed E-state index contributed by atoms with van der Waals surface area (Å²) in [5, 5.41) is 3.33. The predicted octanol–water partition coefficient (Wildman–Crippen LogP) is 5.46. The third-order valence-electron chi connectivity index (χ3n) is 3.12. The van der Waals surface area contributed by atoms with Crippen LogP contribution in [0.1, 0.15) is 17.2 Å². The van der Waals surface area contributed by atoms with Crippen LogP contribution in [0.25, 0.3) is 0 Å². The van der Waals surface area contributed by atoms with Gasteiger partial charge in [0, 0.05) is 18.6 Å². The number of nitrogens with one attached hydrogen (secondary N) is 1. The molecule has 0 bridgehead atoms. The van der Waals surface area contributed by atoms with E-state index in [4.69, 9.17) is 0 Å². The van der Waals surface area contributed by atoms with E-state index >= 15 is 0 Å². The Hall–Kier alpha value is 0.0200. The van der Waals surface area contributed by atoms with E-state index in [-0.39, 0.29) is 11.9 Å². The van der Waals surface area contributed by atoms with Gasteiger partial charge < -0.3 is 5.32 Å². The molecule has 1 unspecified atom stereocenters. The Morgan fingerprint density at radius 2 is 1.90 bits per heavy atom. The van der Waals surface area contributed by atoms with Gasteiger partial charge in [-0.25, -0.2) is 4.39 Å². The van der Waals surface area contributed by atoms with E-state index in [1.807, 2.05) is 13.1 Å². The van der Waals surface area contributed by atoms with Gasteiger partial charge in [0.15, 0.2) is 0 Å². The summed E-state index contributed by atoms with van der Waals surface area (Å²) in [4.78, 5) is 0. The van der Waals surface area contributed by atoms with Crippen LogP contribution in [-0.4, -0.2) is 7.05 Å². The summed E-state index contributed by atoms with van der Waals surface area (Å²) >= 11 is 9.34. The topological polar surface area (TPSA) is 12.0 Å². The monoisotopic (exact) mass is 511 g/mol. The molecular formula is C15H13Br2FIN. The molecule has 0 aliphatic carbocycles. The molecule has 1 N–H and O–H groups in total. The molecule has 20 heavy (non-hydrogen) atoms. The van der Waals surface area contributed by atoms with Gasteiger partial charge in [0.1, 0.15) is 5.82 Å². The lowest BCUT2D eigenvalue weighted by molar-refractivity contribution is 0.585. The highest BCUT2D eigenvalue weighted by molar-refractivity contribution is 14.1. The van der Waals surface area contributed by atoms with Crippen LogP contribution in [-0.2, 0) is 6.42 Å². The molecule has 1 nitrogen and oxygen atoms in total. The lowest BCUT2D eigenvalue weighted by Gasteiger charge is -2.19. The van der Waals surface area contributed by atoms with Gasteiger partial charge in [0.25, 0.3) is 0 Å². The SMILES string of the molecule is CNC(Cc1ccc(F)cc1Br)c1cc(I)ccc1Br. The molecule has 0 heterocycles. The lowest BCUT2D eigenvalue weighted by Crippen LogP contribution is -2.19. The zero-order chi connectivity index (χ0) is 14.7. The summed E-state index contributed by atoms with van der Waals surface area (Å²) in [5.74, 6) is -0.225. The van der Waals surface area contributed by atoms with Crippen LogP contribution < -0.4 is 5.32 Å². The van der Waals surface area contributed by atoms with Crippen molar-refractivity contribution in [2.75, 3.05) is 7.05 Å². The highest BCUT2D eigenvalue weighted by Crippen LogP contribution is 2.30. The number of halogens is 4. The summed E-state index contributed by atoms with van der Waals surface area (Å²) in [6.07, 6.45) is 0.788. The van der Waals surface area contributed by atoms with Gasteiger partial charge in [0.05, 0.1) is 0 Å². The van der Waals surface area contributed by atoms with Gasteiger partial charge in [-0.05, 0) is 77.5 Å². The number of likely N-dealkylation sites (N-methyl/N-ethyl adjacent to an activating group) is 1. The molecule has 0 spiro atoms. The predicted molar refractivity (Wildman–Crippen MR) is 96.5 cm³/mol. The zero-order valence-corrected chi connectivity index (χ0v) is 16.1. The van der Waals surface area contributed by atoms with Gasteiger partial charge in [-0.2, -0.15) is 0 Å². The van der Waals surface area contributed by atoms with Crippen LogP contribution in [0.3, 0.4) is 0 Å². The standard InChI is InChI=1S/C15H13Br2FIN/c1-20-15(12-8-11(19)4-5-13(12)16)6-9-2-3-10(18)7-14(9)17/h2-5,7-8,15,20H,6H2,1H3. The molecule has 2 aromatic rings. The van der Waals surface area contributed by atoms with Crippen molar-refractivity contribution in [3.63, 3.8) is 0 Å². The smallest absolute Gasteiger partial charge is 0.124 e. The van der Waals surface area contributed by atoms with Gasteiger partial charge >= 0.3 is 0 Å². The molecule has 0 aliphatic heterocycles.